The normalized spacial score (nSPS) is 11.8. The number of furan rings is 1. The molecule has 1 amide bonds. The summed E-state index contributed by atoms with van der Waals surface area (Å²) in [5, 5.41) is 10.9. The van der Waals surface area contributed by atoms with Gasteiger partial charge in [-0.1, -0.05) is 25.1 Å². The van der Waals surface area contributed by atoms with Crippen molar-refractivity contribution in [2.24, 2.45) is 0 Å². The van der Waals surface area contributed by atoms with Crippen LogP contribution in [0.1, 0.15) is 13.3 Å². The van der Waals surface area contributed by atoms with Gasteiger partial charge in [0.05, 0.1) is 6.26 Å². The van der Waals surface area contributed by atoms with Crippen molar-refractivity contribution in [2.75, 3.05) is 5.32 Å². The molecule has 0 unspecified atom stereocenters. The van der Waals surface area contributed by atoms with E-state index in [2.05, 4.69) is 15.5 Å². The van der Waals surface area contributed by atoms with Gasteiger partial charge in [-0.25, -0.2) is 0 Å². The number of benzene rings is 2. The van der Waals surface area contributed by atoms with Gasteiger partial charge in [0.25, 0.3) is 11.8 Å². The van der Waals surface area contributed by atoms with E-state index in [0.29, 0.717) is 35.4 Å². The number of carbonyl (C=O) groups excluding carboxylic acids is 1. The molecule has 0 saturated carbocycles. The molecule has 0 aliphatic heterocycles. The van der Waals surface area contributed by atoms with Crippen molar-refractivity contribution in [3.63, 3.8) is 0 Å². The highest BCUT2D eigenvalue weighted by Gasteiger charge is 2.19. The number of aromatic nitrogens is 2. The fraction of sp³-hybridized carbons (Fsp3) is 0.136. The minimum Gasteiger partial charge on any atom is -0.481 e. The summed E-state index contributed by atoms with van der Waals surface area (Å²) in [5.41, 5.74) is 1.39. The Balaban J connectivity index is 1.42. The SMILES string of the molecule is CC[C@H](Oc1ccccc1)C(=O)Nc1ccc(-c2nnc(-c3ccco3)o2)cc1. The van der Waals surface area contributed by atoms with Crippen LogP contribution >= 0.6 is 0 Å². The van der Waals surface area contributed by atoms with Gasteiger partial charge in [-0.15, -0.1) is 10.2 Å². The molecule has 2 aromatic carbocycles. The smallest absolute Gasteiger partial charge is 0.283 e. The van der Waals surface area contributed by atoms with Crippen LogP contribution in [0.3, 0.4) is 0 Å². The first-order valence-electron chi connectivity index (χ1n) is 9.23. The molecule has 29 heavy (non-hydrogen) atoms. The number of nitrogens with zero attached hydrogens (tertiary/aromatic N) is 2. The third-order valence-corrected chi connectivity index (χ3v) is 4.24. The molecule has 4 rings (SSSR count). The third kappa shape index (κ3) is 4.35. The zero-order valence-corrected chi connectivity index (χ0v) is 15.7. The van der Waals surface area contributed by atoms with E-state index >= 15 is 0 Å². The van der Waals surface area contributed by atoms with Gasteiger partial charge in [-0.3, -0.25) is 4.79 Å². The lowest BCUT2D eigenvalue weighted by molar-refractivity contribution is -0.122. The van der Waals surface area contributed by atoms with Gasteiger partial charge < -0.3 is 18.9 Å². The van der Waals surface area contributed by atoms with E-state index < -0.39 is 6.10 Å². The molecular weight excluding hydrogens is 370 g/mol. The first-order valence-corrected chi connectivity index (χ1v) is 9.23. The second-order valence-electron chi connectivity index (χ2n) is 6.28. The zero-order valence-electron chi connectivity index (χ0n) is 15.7. The van der Waals surface area contributed by atoms with Crippen LogP contribution in [0.2, 0.25) is 0 Å². The molecule has 0 fully saturated rings. The van der Waals surface area contributed by atoms with Crippen LogP contribution < -0.4 is 10.1 Å². The summed E-state index contributed by atoms with van der Waals surface area (Å²) in [7, 11) is 0. The van der Waals surface area contributed by atoms with E-state index in [1.807, 2.05) is 37.3 Å². The molecule has 0 radical (unpaired) electrons. The number of carbonyl (C=O) groups is 1. The summed E-state index contributed by atoms with van der Waals surface area (Å²) in [4.78, 5) is 12.6. The molecule has 146 valence electrons. The first kappa shape index (κ1) is 18.5. The van der Waals surface area contributed by atoms with E-state index in [4.69, 9.17) is 13.6 Å². The zero-order chi connectivity index (χ0) is 20.1. The van der Waals surface area contributed by atoms with Crippen LogP contribution in [0.4, 0.5) is 5.69 Å². The lowest BCUT2D eigenvalue weighted by atomic mass is 10.2. The Morgan fingerprint density at radius 3 is 2.45 bits per heavy atom. The van der Waals surface area contributed by atoms with Gasteiger partial charge in [0.2, 0.25) is 5.89 Å². The standard InChI is InChI=1S/C22H19N3O4/c1-2-18(28-17-7-4-3-5-8-17)20(26)23-16-12-10-15(11-13-16)21-24-25-22(29-21)19-9-6-14-27-19/h3-14,18H,2H2,1H3,(H,23,26)/t18-/m0/s1. The van der Waals surface area contributed by atoms with E-state index in [1.165, 1.54) is 0 Å². The molecular formula is C22H19N3O4. The van der Waals surface area contributed by atoms with E-state index in [0.717, 1.165) is 5.56 Å². The fourth-order valence-corrected chi connectivity index (χ4v) is 2.74. The van der Waals surface area contributed by atoms with Crippen molar-refractivity contribution >= 4 is 11.6 Å². The van der Waals surface area contributed by atoms with Crippen LogP contribution in [-0.2, 0) is 4.79 Å². The van der Waals surface area contributed by atoms with Crippen LogP contribution in [0.15, 0.2) is 81.8 Å². The number of hydrogen-bond acceptors (Lipinski definition) is 6. The van der Waals surface area contributed by atoms with Crippen molar-refractivity contribution in [1.82, 2.24) is 10.2 Å². The van der Waals surface area contributed by atoms with Crippen LogP contribution in [0, 0.1) is 0 Å². The largest absolute Gasteiger partial charge is 0.481 e. The van der Waals surface area contributed by atoms with Gasteiger partial charge in [-0.05, 0) is 55.0 Å². The lowest BCUT2D eigenvalue weighted by Gasteiger charge is -2.17. The predicted molar refractivity (Wildman–Crippen MR) is 107 cm³/mol. The molecule has 2 aromatic heterocycles. The molecule has 1 atom stereocenters. The van der Waals surface area contributed by atoms with Gasteiger partial charge in [0.15, 0.2) is 11.9 Å². The number of anilines is 1. The van der Waals surface area contributed by atoms with Crippen molar-refractivity contribution in [3.8, 4) is 28.9 Å². The first-order chi connectivity index (χ1) is 14.2. The fourth-order valence-electron chi connectivity index (χ4n) is 2.74. The average molecular weight is 389 g/mol. The Morgan fingerprint density at radius 1 is 1.00 bits per heavy atom. The third-order valence-electron chi connectivity index (χ3n) is 4.24. The minimum absolute atomic E-state index is 0.206. The van der Waals surface area contributed by atoms with E-state index in [1.54, 1.807) is 42.7 Å². The van der Waals surface area contributed by atoms with Crippen molar-refractivity contribution in [1.29, 1.82) is 0 Å². The summed E-state index contributed by atoms with van der Waals surface area (Å²) in [6, 6.07) is 19.9. The molecule has 0 aliphatic rings. The summed E-state index contributed by atoms with van der Waals surface area (Å²) >= 11 is 0. The van der Waals surface area contributed by atoms with Gasteiger partial charge in [-0.2, -0.15) is 0 Å². The molecule has 1 N–H and O–H groups in total. The van der Waals surface area contributed by atoms with E-state index in [9.17, 15) is 4.79 Å². The quantitative estimate of drug-likeness (QED) is 0.489. The molecule has 0 spiro atoms. The molecule has 7 heteroatoms. The lowest BCUT2D eigenvalue weighted by Crippen LogP contribution is -2.32. The molecule has 4 aromatic rings. The number of hydrogen-bond donors (Lipinski definition) is 1. The average Bonchev–Trinajstić information content (AvgIpc) is 3.45. The summed E-state index contributed by atoms with van der Waals surface area (Å²) < 4.78 is 16.7. The minimum atomic E-state index is -0.580. The van der Waals surface area contributed by atoms with Gasteiger partial charge in [0.1, 0.15) is 5.75 Å². The molecule has 7 nitrogen and oxygen atoms in total. The van der Waals surface area contributed by atoms with Gasteiger partial charge >= 0.3 is 0 Å². The number of nitrogens with one attached hydrogen (secondary N) is 1. The Hall–Kier alpha value is -3.87. The maximum absolute atomic E-state index is 12.6. The second kappa shape index (κ2) is 8.43. The van der Waals surface area contributed by atoms with Crippen LogP contribution in [0.5, 0.6) is 5.75 Å². The van der Waals surface area contributed by atoms with Crippen molar-refractivity contribution in [3.05, 3.63) is 73.0 Å². The number of para-hydroxylation sites is 1. The van der Waals surface area contributed by atoms with Crippen LogP contribution in [0.25, 0.3) is 23.1 Å². The maximum Gasteiger partial charge on any atom is 0.283 e. The predicted octanol–water partition coefficient (Wildman–Crippen LogP) is 4.79. The van der Waals surface area contributed by atoms with Gasteiger partial charge in [0, 0.05) is 11.3 Å². The summed E-state index contributed by atoms with van der Waals surface area (Å²) in [6.45, 7) is 1.91. The molecule has 2 heterocycles. The van der Waals surface area contributed by atoms with E-state index in [-0.39, 0.29) is 5.91 Å². The molecule has 0 bridgehead atoms. The Bertz CT molecular complexity index is 1060. The number of ether oxygens (including phenoxy) is 1. The Kier molecular flexibility index (Phi) is 5.38. The molecule has 0 saturated heterocycles. The van der Waals surface area contributed by atoms with Crippen molar-refractivity contribution in [2.45, 2.75) is 19.4 Å². The summed E-state index contributed by atoms with van der Waals surface area (Å²) in [5.74, 6) is 1.65. The topological polar surface area (TPSA) is 90.4 Å². The highest BCUT2D eigenvalue weighted by molar-refractivity contribution is 5.94. The van der Waals surface area contributed by atoms with Crippen molar-refractivity contribution < 1.29 is 18.4 Å². The maximum atomic E-state index is 12.6. The summed E-state index contributed by atoms with van der Waals surface area (Å²) in [6.07, 6.45) is 1.52. The second-order valence-corrected chi connectivity index (χ2v) is 6.28. The highest BCUT2D eigenvalue weighted by Crippen LogP contribution is 2.25. The Labute approximate surface area is 167 Å². The van der Waals surface area contributed by atoms with Crippen LogP contribution in [-0.4, -0.2) is 22.2 Å². The number of rotatable bonds is 7. The molecule has 0 aliphatic carbocycles. The monoisotopic (exact) mass is 389 g/mol. The number of amides is 1. The highest BCUT2D eigenvalue weighted by atomic mass is 16.5. The Morgan fingerprint density at radius 2 is 1.76 bits per heavy atom.